The first-order chi connectivity index (χ1) is 18.2. The number of fused-ring (bicyclic) bond motifs is 3. The number of ether oxygens (including phenoxy) is 1. The molecule has 38 heavy (non-hydrogen) atoms. The van der Waals surface area contributed by atoms with Crippen molar-refractivity contribution in [3.05, 3.63) is 58.7 Å². The molecule has 0 unspecified atom stereocenters. The van der Waals surface area contributed by atoms with Crippen LogP contribution < -0.4 is 15.0 Å². The van der Waals surface area contributed by atoms with Crippen LogP contribution in [0.15, 0.2) is 30.3 Å². The van der Waals surface area contributed by atoms with Gasteiger partial charge in [0.1, 0.15) is 35.3 Å². The van der Waals surface area contributed by atoms with E-state index in [4.69, 9.17) is 9.72 Å². The maximum Gasteiger partial charge on any atom is 0.266 e. The van der Waals surface area contributed by atoms with E-state index < -0.39 is 23.8 Å². The minimum atomic E-state index is -2.91. The minimum Gasteiger partial charge on any atom is -0.489 e. The van der Waals surface area contributed by atoms with Crippen molar-refractivity contribution in [2.45, 2.75) is 39.7 Å². The van der Waals surface area contributed by atoms with Crippen molar-refractivity contribution in [1.82, 2.24) is 14.9 Å². The normalized spacial score (nSPS) is 16.3. The molecule has 1 atom stereocenters. The highest BCUT2D eigenvalue weighted by atomic mass is 19.3. The molecule has 2 aliphatic rings. The number of aryl methyl sites for hydroxylation is 1. The number of anilines is 2. The Kier molecular flexibility index (Phi) is 6.90. The quantitative estimate of drug-likeness (QED) is 0.464. The lowest BCUT2D eigenvalue weighted by Crippen LogP contribution is -2.33. The van der Waals surface area contributed by atoms with Crippen molar-refractivity contribution in [1.29, 1.82) is 0 Å². The molecule has 0 aliphatic carbocycles. The van der Waals surface area contributed by atoms with Crippen molar-refractivity contribution in [2.75, 3.05) is 43.5 Å². The van der Waals surface area contributed by atoms with Gasteiger partial charge in [0.15, 0.2) is 5.75 Å². The second kappa shape index (κ2) is 10.2. The highest BCUT2D eigenvalue weighted by Crippen LogP contribution is 2.46. The van der Waals surface area contributed by atoms with Gasteiger partial charge in [0, 0.05) is 43.6 Å². The third kappa shape index (κ3) is 4.63. The molecule has 0 fully saturated rings. The first-order valence-electron chi connectivity index (χ1n) is 12.6. The lowest BCUT2D eigenvalue weighted by Gasteiger charge is -2.32. The number of benzene rings is 2. The van der Waals surface area contributed by atoms with E-state index in [1.807, 2.05) is 19.2 Å². The van der Waals surface area contributed by atoms with Crippen LogP contribution in [0.4, 0.5) is 24.7 Å². The van der Waals surface area contributed by atoms with Gasteiger partial charge >= 0.3 is 0 Å². The molecule has 0 bridgehead atoms. The van der Waals surface area contributed by atoms with Crippen molar-refractivity contribution < 1.29 is 22.7 Å². The van der Waals surface area contributed by atoms with E-state index in [1.165, 1.54) is 12.1 Å². The van der Waals surface area contributed by atoms with Crippen molar-refractivity contribution in [3.8, 4) is 5.75 Å². The van der Waals surface area contributed by atoms with Gasteiger partial charge in [0.2, 0.25) is 5.91 Å². The van der Waals surface area contributed by atoms with Gasteiger partial charge in [-0.2, -0.15) is 0 Å². The topological polar surface area (TPSA) is 70.6 Å². The number of halogens is 3. The molecular formula is C28H30F3N5O2. The molecule has 0 spiro atoms. The molecule has 2 aliphatic heterocycles. The summed E-state index contributed by atoms with van der Waals surface area (Å²) in [6.45, 7) is 7.38. The third-order valence-corrected chi connectivity index (χ3v) is 7.20. The zero-order chi connectivity index (χ0) is 27.1. The van der Waals surface area contributed by atoms with E-state index in [-0.39, 0.29) is 11.5 Å². The van der Waals surface area contributed by atoms with Gasteiger partial charge in [-0.05, 0) is 31.9 Å². The van der Waals surface area contributed by atoms with Gasteiger partial charge in [-0.15, -0.1) is 0 Å². The SMILES string of the molecule is CC(=O)N1CC=C(c2cc3c(N[C@H](C)c4cccc(C(F)F)c4F)nc(C)nc3c3c2OCCN3C)CC1. The molecule has 3 aromatic rings. The molecule has 0 saturated heterocycles. The molecule has 0 saturated carbocycles. The Morgan fingerprint density at radius 1 is 1.18 bits per heavy atom. The monoisotopic (exact) mass is 525 g/mol. The Labute approximate surface area is 219 Å². The second-order valence-electron chi connectivity index (χ2n) is 9.75. The van der Waals surface area contributed by atoms with Crippen LogP contribution in [-0.2, 0) is 4.79 Å². The first kappa shape index (κ1) is 25.8. The third-order valence-electron chi connectivity index (χ3n) is 7.20. The van der Waals surface area contributed by atoms with E-state index in [9.17, 15) is 18.0 Å². The summed E-state index contributed by atoms with van der Waals surface area (Å²) >= 11 is 0. The van der Waals surface area contributed by atoms with E-state index in [0.29, 0.717) is 55.2 Å². The maximum absolute atomic E-state index is 14.9. The summed E-state index contributed by atoms with van der Waals surface area (Å²) in [6.07, 6.45) is -0.195. The van der Waals surface area contributed by atoms with Gasteiger partial charge in [-0.25, -0.2) is 23.1 Å². The van der Waals surface area contributed by atoms with Gasteiger partial charge < -0.3 is 19.9 Å². The largest absolute Gasteiger partial charge is 0.489 e. The van der Waals surface area contributed by atoms with Crippen LogP contribution in [0.5, 0.6) is 5.75 Å². The fourth-order valence-corrected chi connectivity index (χ4v) is 5.14. The first-order valence-corrected chi connectivity index (χ1v) is 12.6. The van der Waals surface area contributed by atoms with Crippen molar-refractivity contribution in [3.63, 3.8) is 0 Å². The minimum absolute atomic E-state index is 0.0318. The number of hydrogen-bond acceptors (Lipinski definition) is 6. The summed E-state index contributed by atoms with van der Waals surface area (Å²) in [4.78, 5) is 25.1. The molecule has 3 heterocycles. The lowest BCUT2D eigenvalue weighted by molar-refractivity contribution is -0.128. The summed E-state index contributed by atoms with van der Waals surface area (Å²) < 4.78 is 47.8. The predicted octanol–water partition coefficient (Wildman–Crippen LogP) is 5.65. The summed E-state index contributed by atoms with van der Waals surface area (Å²) in [5, 5.41) is 3.97. The summed E-state index contributed by atoms with van der Waals surface area (Å²) in [6, 6.07) is 5.36. The van der Waals surface area contributed by atoms with Crippen LogP contribution in [-0.4, -0.2) is 54.1 Å². The Bertz CT molecular complexity index is 1440. The average Bonchev–Trinajstić information content (AvgIpc) is 2.88. The fraction of sp³-hybridized carbons (Fsp3) is 0.393. The number of aromatic nitrogens is 2. The molecule has 200 valence electrons. The molecule has 10 heteroatoms. The van der Waals surface area contributed by atoms with Gasteiger partial charge in [-0.1, -0.05) is 24.3 Å². The Hall–Kier alpha value is -3.82. The van der Waals surface area contributed by atoms with Gasteiger partial charge in [0.05, 0.1) is 18.2 Å². The zero-order valence-corrected chi connectivity index (χ0v) is 21.8. The number of carbonyl (C=O) groups is 1. The number of rotatable bonds is 5. The molecule has 1 N–H and O–H groups in total. The van der Waals surface area contributed by atoms with E-state index in [1.54, 1.807) is 25.7 Å². The van der Waals surface area contributed by atoms with Crippen LogP contribution in [0.1, 0.15) is 55.3 Å². The van der Waals surface area contributed by atoms with E-state index in [2.05, 4.69) is 15.2 Å². The molecule has 1 amide bonds. The van der Waals surface area contributed by atoms with Crippen molar-refractivity contribution >= 4 is 33.9 Å². The van der Waals surface area contributed by atoms with Crippen LogP contribution >= 0.6 is 0 Å². The van der Waals surface area contributed by atoms with Gasteiger partial charge in [-0.3, -0.25) is 4.79 Å². The number of carbonyl (C=O) groups excluding carboxylic acids is 1. The molecule has 1 aromatic heterocycles. The van der Waals surface area contributed by atoms with E-state index >= 15 is 0 Å². The van der Waals surface area contributed by atoms with Crippen molar-refractivity contribution in [2.24, 2.45) is 0 Å². The molecule has 5 rings (SSSR count). The molecule has 0 radical (unpaired) electrons. The van der Waals surface area contributed by atoms with E-state index in [0.717, 1.165) is 28.6 Å². The number of nitrogens with one attached hydrogen (secondary N) is 1. The van der Waals surface area contributed by atoms with Crippen LogP contribution in [0, 0.1) is 12.7 Å². The molecule has 7 nitrogen and oxygen atoms in total. The number of amides is 1. The average molecular weight is 526 g/mol. The smallest absolute Gasteiger partial charge is 0.266 e. The number of likely N-dealkylation sites (N-methyl/N-ethyl adjacent to an activating group) is 1. The summed E-state index contributed by atoms with van der Waals surface area (Å²) in [5.74, 6) is 0.834. The Balaban J connectivity index is 1.64. The standard InChI is InChI=1S/C28H30F3N5O2/c1-15(19-6-5-7-20(23(19)29)27(30)31)32-28-22-14-21(18-8-10-36(11-9-18)17(3)37)26-25(35(4)12-13-38-26)24(22)33-16(2)34-28/h5-8,14-15,27H,9-13H2,1-4H3,(H,32,33,34)/t15-/m1/s1. The Morgan fingerprint density at radius 3 is 2.63 bits per heavy atom. The number of nitrogens with zero attached hydrogens (tertiary/aromatic N) is 4. The summed E-state index contributed by atoms with van der Waals surface area (Å²) in [5.41, 5.74) is 2.99. The highest BCUT2D eigenvalue weighted by molar-refractivity contribution is 6.04. The molecule has 2 aromatic carbocycles. The van der Waals surface area contributed by atoms with Crippen LogP contribution in [0.2, 0.25) is 0 Å². The Morgan fingerprint density at radius 2 is 1.95 bits per heavy atom. The zero-order valence-electron chi connectivity index (χ0n) is 21.8. The summed E-state index contributed by atoms with van der Waals surface area (Å²) in [7, 11) is 1.98. The maximum atomic E-state index is 14.9. The van der Waals surface area contributed by atoms with Crippen LogP contribution in [0.3, 0.4) is 0 Å². The number of alkyl halides is 2. The second-order valence-corrected chi connectivity index (χ2v) is 9.75. The fourth-order valence-electron chi connectivity index (χ4n) is 5.14. The molecular weight excluding hydrogens is 495 g/mol. The van der Waals surface area contributed by atoms with Crippen LogP contribution in [0.25, 0.3) is 16.5 Å². The lowest BCUT2D eigenvalue weighted by atomic mass is 9.94. The number of hydrogen-bond donors (Lipinski definition) is 1. The van der Waals surface area contributed by atoms with Gasteiger partial charge in [0.25, 0.3) is 6.43 Å². The highest BCUT2D eigenvalue weighted by Gasteiger charge is 2.28. The predicted molar refractivity (Wildman–Crippen MR) is 141 cm³/mol.